The summed E-state index contributed by atoms with van der Waals surface area (Å²) in [4.78, 5) is 8.94. The van der Waals surface area contributed by atoms with Crippen LogP contribution < -0.4 is 0 Å². The van der Waals surface area contributed by atoms with Crippen LogP contribution in [0.25, 0.3) is 0 Å². The standard InChI is InChI=1S/C16H12N2O2/c1-3-7-13-11(5-1)9-19-15(17-13)16-18-14-8-4-2-6-12(14)10-20-16/h1-4,7-10H,5-6H2. The summed E-state index contributed by atoms with van der Waals surface area (Å²) < 4.78 is 11.1. The van der Waals surface area contributed by atoms with Crippen molar-refractivity contribution in [1.82, 2.24) is 0 Å². The fourth-order valence-corrected chi connectivity index (χ4v) is 2.29. The molecule has 2 heterocycles. The first-order valence-electron chi connectivity index (χ1n) is 6.54. The minimum absolute atomic E-state index is 0.404. The maximum atomic E-state index is 5.55. The third kappa shape index (κ3) is 1.86. The monoisotopic (exact) mass is 264 g/mol. The average molecular weight is 264 g/mol. The molecule has 0 fully saturated rings. The number of allylic oxidation sites excluding steroid dienone is 8. The van der Waals surface area contributed by atoms with E-state index in [1.165, 1.54) is 0 Å². The van der Waals surface area contributed by atoms with Gasteiger partial charge in [0.2, 0.25) is 0 Å². The van der Waals surface area contributed by atoms with Gasteiger partial charge in [-0.15, -0.1) is 0 Å². The Morgan fingerprint density at radius 1 is 0.750 bits per heavy atom. The van der Waals surface area contributed by atoms with E-state index in [2.05, 4.69) is 22.1 Å². The van der Waals surface area contributed by atoms with Gasteiger partial charge in [0.15, 0.2) is 0 Å². The van der Waals surface area contributed by atoms with Gasteiger partial charge in [-0.25, -0.2) is 9.98 Å². The lowest BCUT2D eigenvalue weighted by atomic mass is 10.0. The largest absolute Gasteiger partial charge is 0.442 e. The van der Waals surface area contributed by atoms with Crippen molar-refractivity contribution in [2.24, 2.45) is 9.98 Å². The summed E-state index contributed by atoms with van der Waals surface area (Å²) in [7, 11) is 0. The van der Waals surface area contributed by atoms with Crippen molar-refractivity contribution in [2.75, 3.05) is 0 Å². The average Bonchev–Trinajstić information content (AvgIpc) is 2.54. The molecule has 4 heteroatoms. The van der Waals surface area contributed by atoms with Gasteiger partial charge < -0.3 is 9.47 Å². The summed E-state index contributed by atoms with van der Waals surface area (Å²) in [6.45, 7) is 0. The molecule has 0 bridgehead atoms. The molecular weight excluding hydrogens is 252 g/mol. The van der Waals surface area contributed by atoms with Crippen LogP contribution in [0.2, 0.25) is 0 Å². The zero-order chi connectivity index (χ0) is 13.4. The van der Waals surface area contributed by atoms with Gasteiger partial charge >= 0.3 is 0 Å². The molecule has 0 aromatic carbocycles. The molecule has 0 N–H and O–H groups in total. The van der Waals surface area contributed by atoms with Crippen molar-refractivity contribution in [3.05, 3.63) is 71.5 Å². The zero-order valence-electron chi connectivity index (χ0n) is 10.7. The van der Waals surface area contributed by atoms with Gasteiger partial charge in [-0.1, -0.05) is 24.3 Å². The number of nitrogens with zero attached hydrogens (tertiary/aromatic N) is 2. The predicted octanol–water partition coefficient (Wildman–Crippen LogP) is 3.30. The third-order valence-corrected chi connectivity index (χ3v) is 3.37. The summed E-state index contributed by atoms with van der Waals surface area (Å²) in [5, 5.41) is 0. The van der Waals surface area contributed by atoms with E-state index < -0.39 is 0 Å². The minimum atomic E-state index is 0.404. The Morgan fingerprint density at radius 3 is 1.75 bits per heavy atom. The van der Waals surface area contributed by atoms with Gasteiger partial charge in [0.05, 0.1) is 23.9 Å². The van der Waals surface area contributed by atoms with Crippen LogP contribution in [-0.2, 0) is 9.47 Å². The quantitative estimate of drug-likeness (QED) is 0.729. The van der Waals surface area contributed by atoms with E-state index in [0.29, 0.717) is 11.8 Å². The van der Waals surface area contributed by atoms with Gasteiger partial charge in [-0.2, -0.15) is 0 Å². The summed E-state index contributed by atoms with van der Waals surface area (Å²) >= 11 is 0. The van der Waals surface area contributed by atoms with Crippen LogP contribution >= 0.6 is 0 Å². The Bertz CT molecular complexity index is 651. The molecule has 0 atom stereocenters. The van der Waals surface area contributed by atoms with Crippen molar-refractivity contribution in [2.45, 2.75) is 12.8 Å². The van der Waals surface area contributed by atoms with Crippen LogP contribution in [0.1, 0.15) is 12.8 Å². The molecule has 0 aromatic heterocycles. The topological polar surface area (TPSA) is 43.2 Å². The first-order valence-corrected chi connectivity index (χ1v) is 6.54. The molecule has 98 valence electrons. The molecule has 0 saturated carbocycles. The van der Waals surface area contributed by atoms with Crippen molar-refractivity contribution >= 4 is 11.8 Å². The van der Waals surface area contributed by atoms with E-state index in [1.54, 1.807) is 12.5 Å². The fourth-order valence-electron chi connectivity index (χ4n) is 2.29. The molecule has 0 amide bonds. The van der Waals surface area contributed by atoms with Crippen molar-refractivity contribution in [3.8, 4) is 0 Å². The van der Waals surface area contributed by atoms with E-state index in [-0.39, 0.29) is 0 Å². The molecule has 2 aliphatic heterocycles. The Hall–Kier alpha value is -2.62. The first kappa shape index (κ1) is 11.2. The number of ether oxygens (including phenoxy) is 2. The highest BCUT2D eigenvalue weighted by Crippen LogP contribution is 2.27. The van der Waals surface area contributed by atoms with Crippen LogP contribution in [0.4, 0.5) is 0 Å². The number of aliphatic imine (C=N–C) groups is 2. The molecule has 2 aliphatic carbocycles. The summed E-state index contributed by atoms with van der Waals surface area (Å²) in [5.41, 5.74) is 3.96. The second-order valence-corrected chi connectivity index (χ2v) is 4.72. The van der Waals surface area contributed by atoms with Gasteiger partial charge in [0.1, 0.15) is 0 Å². The van der Waals surface area contributed by atoms with E-state index in [9.17, 15) is 0 Å². The highest BCUT2D eigenvalue weighted by Gasteiger charge is 2.23. The van der Waals surface area contributed by atoms with Crippen LogP contribution in [0.15, 0.2) is 81.5 Å². The fraction of sp³-hybridized carbons (Fsp3) is 0.125. The number of rotatable bonds is 1. The summed E-state index contributed by atoms with van der Waals surface area (Å²) in [6.07, 6.45) is 17.2. The third-order valence-electron chi connectivity index (χ3n) is 3.37. The molecule has 4 rings (SSSR count). The lowest BCUT2D eigenvalue weighted by Crippen LogP contribution is -2.23. The maximum absolute atomic E-state index is 5.55. The number of hydrogen-bond acceptors (Lipinski definition) is 4. The highest BCUT2D eigenvalue weighted by molar-refractivity contribution is 6.36. The van der Waals surface area contributed by atoms with Crippen molar-refractivity contribution < 1.29 is 9.47 Å². The van der Waals surface area contributed by atoms with Crippen molar-refractivity contribution in [3.63, 3.8) is 0 Å². The Morgan fingerprint density at radius 2 is 1.25 bits per heavy atom. The van der Waals surface area contributed by atoms with Crippen LogP contribution in [0.5, 0.6) is 0 Å². The molecule has 0 radical (unpaired) electrons. The minimum Gasteiger partial charge on any atom is -0.442 e. The molecule has 0 saturated heterocycles. The van der Waals surface area contributed by atoms with Gasteiger partial charge in [0.25, 0.3) is 11.8 Å². The lowest BCUT2D eigenvalue weighted by molar-refractivity contribution is 0.419. The molecule has 4 nitrogen and oxygen atoms in total. The smallest absolute Gasteiger partial charge is 0.283 e. The molecule has 0 spiro atoms. The predicted molar refractivity (Wildman–Crippen MR) is 76.9 cm³/mol. The van der Waals surface area contributed by atoms with Crippen LogP contribution in [-0.4, -0.2) is 11.8 Å². The van der Waals surface area contributed by atoms with Crippen LogP contribution in [0, 0.1) is 0 Å². The second-order valence-electron chi connectivity index (χ2n) is 4.72. The van der Waals surface area contributed by atoms with Gasteiger partial charge in [0, 0.05) is 11.1 Å². The number of hydrogen-bond donors (Lipinski definition) is 0. The van der Waals surface area contributed by atoms with Gasteiger partial charge in [-0.05, 0) is 25.0 Å². The summed E-state index contributed by atoms with van der Waals surface area (Å²) in [5.74, 6) is 0.808. The summed E-state index contributed by atoms with van der Waals surface area (Å²) in [6, 6.07) is 0. The van der Waals surface area contributed by atoms with Crippen LogP contribution in [0.3, 0.4) is 0 Å². The Kier molecular flexibility index (Phi) is 2.52. The molecular formula is C16H12N2O2. The van der Waals surface area contributed by atoms with Crippen molar-refractivity contribution in [1.29, 1.82) is 0 Å². The second kappa shape index (κ2) is 4.49. The molecule has 0 aromatic rings. The van der Waals surface area contributed by atoms with E-state index >= 15 is 0 Å². The Balaban J connectivity index is 1.66. The SMILES string of the molecule is C1=CCC2=COC(C3=NC4=CC=CCC4=CO3)=NC2=C1. The zero-order valence-corrected chi connectivity index (χ0v) is 10.7. The first-order chi connectivity index (χ1) is 9.90. The van der Waals surface area contributed by atoms with E-state index in [4.69, 9.17) is 9.47 Å². The van der Waals surface area contributed by atoms with Gasteiger partial charge in [-0.3, -0.25) is 0 Å². The maximum Gasteiger partial charge on any atom is 0.283 e. The molecule has 4 aliphatic rings. The van der Waals surface area contributed by atoms with E-state index in [1.807, 2.05) is 24.3 Å². The highest BCUT2D eigenvalue weighted by atomic mass is 16.5. The number of fused-ring (bicyclic) bond motifs is 2. The van der Waals surface area contributed by atoms with E-state index in [0.717, 1.165) is 35.4 Å². The molecule has 20 heavy (non-hydrogen) atoms. The lowest BCUT2D eigenvalue weighted by Gasteiger charge is -2.20. The Labute approximate surface area is 116 Å². The molecule has 0 unspecified atom stereocenters. The normalized spacial score (nSPS) is 22.8.